The number of rotatable bonds is 3. The van der Waals surface area contributed by atoms with E-state index in [-0.39, 0.29) is 11.8 Å². The Bertz CT molecular complexity index is 103. The van der Waals surface area contributed by atoms with Gasteiger partial charge in [0.15, 0.2) is 0 Å². The van der Waals surface area contributed by atoms with E-state index >= 15 is 0 Å². The molecule has 1 atom stereocenters. The van der Waals surface area contributed by atoms with Crippen molar-refractivity contribution in [2.45, 2.75) is 19.9 Å². The second-order valence-electron chi connectivity index (χ2n) is 2.12. The molecule has 0 aromatic rings. The molecule has 0 amide bonds. The van der Waals surface area contributed by atoms with Crippen LogP contribution < -0.4 is 5.43 Å². The summed E-state index contributed by atoms with van der Waals surface area (Å²) >= 11 is 0. The Balaban J connectivity index is 3.72. The van der Waals surface area contributed by atoms with Crippen LogP contribution in [0, 0.1) is 0 Å². The average molecular weight is 130 g/mol. The molecule has 0 aromatic carbocycles. The third kappa shape index (κ3) is 2.58. The summed E-state index contributed by atoms with van der Waals surface area (Å²) in [6.07, 6.45) is 0. The molecule has 0 aromatic heterocycles. The van der Waals surface area contributed by atoms with Crippen LogP contribution in [0.25, 0.3) is 0 Å². The van der Waals surface area contributed by atoms with Gasteiger partial charge in [0.25, 0.3) is 0 Å². The lowest BCUT2D eigenvalue weighted by molar-refractivity contribution is -0.121. The zero-order valence-electron chi connectivity index (χ0n) is 6.43. The maximum atomic E-state index is 10.7. The number of likely N-dealkylation sites (N-methyl/N-ethyl adjacent to an activating group) is 1. The number of nitrogens with one attached hydrogen (secondary N) is 1. The first kappa shape index (κ1) is 8.59. The van der Waals surface area contributed by atoms with Crippen molar-refractivity contribution in [3.8, 4) is 0 Å². The summed E-state index contributed by atoms with van der Waals surface area (Å²) in [6, 6.07) is -0.0324. The number of hydrogen-bond acceptors (Lipinski definition) is 3. The number of nitrogens with zero attached hydrogens (tertiary/aromatic N) is 1. The van der Waals surface area contributed by atoms with E-state index in [0.717, 1.165) is 0 Å². The maximum Gasteiger partial charge on any atom is 0.148 e. The SMILES string of the molecule is CNN(C)C(C)C(C)=O. The lowest BCUT2D eigenvalue weighted by Gasteiger charge is -2.20. The molecule has 0 aliphatic carbocycles. The van der Waals surface area contributed by atoms with Gasteiger partial charge < -0.3 is 0 Å². The first-order chi connectivity index (χ1) is 4.09. The van der Waals surface area contributed by atoms with E-state index in [0.29, 0.717) is 0 Å². The molecule has 0 radical (unpaired) electrons. The molecule has 0 rings (SSSR count). The Morgan fingerprint density at radius 1 is 1.67 bits per heavy atom. The van der Waals surface area contributed by atoms with Gasteiger partial charge >= 0.3 is 0 Å². The number of hydrazine groups is 1. The van der Waals surface area contributed by atoms with Crippen LogP contribution in [-0.2, 0) is 4.79 Å². The van der Waals surface area contributed by atoms with Crippen LogP contribution in [0.2, 0.25) is 0 Å². The van der Waals surface area contributed by atoms with Crippen molar-refractivity contribution in [2.24, 2.45) is 0 Å². The minimum atomic E-state index is -0.0324. The highest BCUT2D eigenvalue weighted by Crippen LogP contribution is 1.90. The second-order valence-corrected chi connectivity index (χ2v) is 2.12. The van der Waals surface area contributed by atoms with E-state index < -0.39 is 0 Å². The fourth-order valence-corrected chi connectivity index (χ4v) is 0.466. The topological polar surface area (TPSA) is 32.3 Å². The van der Waals surface area contributed by atoms with E-state index in [4.69, 9.17) is 0 Å². The van der Waals surface area contributed by atoms with Gasteiger partial charge in [0.05, 0.1) is 6.04 Å². The van der Waals surface area contributed by atoms with E-state index in [1.54, 1.807) is 19.0 Å². The number of carbonyl (C=O) groups is 1. The Hall–Kier alpha value is -0.410. The zero-order chi connectivity index (χ0) is 7.44. The Morgan fingerprint density at radius 3 is 2.22 bits per heavy atom. The first-order valence-corrected chi connectivity index (χ1v) is 3.00. The number of hydrogen-bond donors (Lipinski definition) is 1. The van der Waals surface area contributed by atoms with Crippen LogP contribution >= 0.6 is 0 Å². The quantitative estimate of drug-likeness (QED) is 0.547. The van der Waals surface area contributed by atoms with Gasteiger partial charge in [-0.25, -0.2) is 5.01 Å². The number of ketones is 1. The molecule has 0 bridgehead atoms. The summed E-state index contributed by atoms with van der Waals surface area (Å²) in [4.78, 5) is 10.7. The number of Topliss-reactive ketones (excluding diaryl/α,β-unsaturated/α-hetero) is 1. The molecular formula is C6H14N2O. The van der Waals surface area contributed by atoms with Gasteiger partial charge in [-0.05, 0) is 20.9 Å². The summed E-state index contributed by atoms with van der Waals surface area (Å²) in [7, 11) is 3.63. The van der Waals surface area contributed by atoms with Crippen molar-refractivity contribution in [2.75, 3.05) is 14.1 Å². The Kier molecular flexibility index (Phi) is 3.42. The molecule has 3 nitrogen and oxygen atoms in total. The molecule has 1 N–H and O–H groups in total. The summed E-state index contributed by atoms with van der Waals surface area (Å²) in [5.74, 6) is 0.173. The van der Waals surface area contributed by atoms with Crippen LogP contribution in [0.15, 0.2) is 0 Å². The minimum absolute atomic E-state index is 0.0324. The fraction of sp³-hybridized carbons (Fsp3) is 0.833. The third-order valence-corrected chi connectivity index (χ3v) is 1.52. The highest BCUT2D eigenvalue weighted by atomic mass is 16.1. The van der Waals surface area contributed by atoms with Gasteiger partial charge in [-0.2, -0.15) is 0 Å². The molecule has 54 valence electrons. The molecule has 0 saturated heterocycles. The number of carbonyl (C=O) groups excluding carboxylic acids is 1. The molecule has 1 unspecified atom stereocenters. The average Bonchev–Trinajstić information content (AvgIpc) is 1.84. The van der Waals surface area contributed by atoms with Crippen LogP contribution in [-0.4, -0.2) is 30.9 Å². The predicted octanol–water partition coefficient (Wildman–Crippen LogP) is 0.0301. The molecule has 0 spiro atoms. The van der Waals surface area contributed by atoms with E-state index in [2.05, 4.69) is 5.43 Å². The normalized spacial score (nSPS) is 13.9. The molecule has 3 heteroatoms. The Morgan fingerprint density at radius 2 is 2.11 bits per heavy atom. The Labute approximate surface area is 56.0 Å². The van der Waals surface area contributed by atoms with Crippen molar-refractivity contribution in [1.82, 2.24) is 10.4 Å². The van der Waals surface area contributed by atoms with Gasteiger partial charge in [-0.1, -0.05) is 0 Å². The smallest absolute Gasteiger partial charge is 0.148 e. The highest BCUT2D eigenvalue weighted by molar-refractivity contribution is 5.80. The lowest BCUT2D eigenvalue weighted by Crippen LogP contribution is -2.42. The summed E-state index contributed by atoms with van der Waals surface area (Å²) < 4.78 is 0. The van der Waals surface area contributed by atoms with Gasteiger partial charge in [0, 0.05) is 7.05 Å². The first-order valence-electron chi connectivity index (χ1n) is 3.00. The molecule has 0 aliphatic rings. The van der Waals surface area contributed by atoms with Crippen molar-refractivity contribution < 1.29 is 4.79 Å². The molecule has 0 fully saturated rings. The predicted molar refractivity (Wildman–Crippen MR) is 37.0 cm³/mol. The third-order valence-electron chi connectivity index (χ3n) is 1.52. The molecule has 9 heavy (non-hydrogen) atoms. The van der Waals surface area contributed by atoms with Gasteiger partial charge in [0.1, 0.15) is 5.78 Å². The molecule has 0 saturated carbocycles. The van der Waals surface area contributed by atoms with Crippen LogP contribution in [0.1, 0.15) is 13.8 Å². The van der Waals surface area contributed by atoms with Gasteiger partial charge in [-0.3, -0.25) is 10.2 Å². The highest BCUT2D eigenvalue weighted by Gasteiger charge is 2.10. The van der Waals surface area contributed by atoms with Crippen LogP contribution in [0.5, 0.6) is 0 Å². The standard InChI is InChI=1S/C6H14N2O/c1-5(6(2)9)8(4)7-3/h5,7H,1-4H3. The van der Waals surface area contributed by atoms with E-state index in [1.165, 1.54) is 0 Å². The van der Waals surface area contributed by atoms with Gasteiger partial charge in [-0.15, -0.1) is 0 Å². The van der Waals surface area contributed by atoms with Crippen molar-refractivity contribution in [3.05, 3.63) is 0 Å². The summed E-state index contributed by atoms with van der Waals surface area (Å²) in [5.41, 5.74) is 2.86. The molecule has 0 aliphatic heterocycles. The largest absolute Gasteiger partial charge is 0.298 e. The van der Waals surface area contributed by atoms with Crippen molar-refractivity contribution in [1.29, 1.82) is 0 Å². The molecule has 0 heterocycles. The fourth-order valence-electron chi connectivity index (χ4n) is 0.466. The van der Waals surface area contributed by atoms with Crippen molar-refractivity contribution >= 4 is 5.78 Å². The van der Waals surface area contributed by atoms with Gasteiger partial charge in [0.2, 0.25) is 0 Å². The maximum absolute atomic E-state index is 10.7. The zero-order valence-corrected chi connectivity index (χ0v) is 6.43. The lowest BCUT2D eigenvalue weighted by atomic mass is 10.2. The van der Waals surface area contributed by atoms with Crippen LogP contribution in [0.3, 0.4) is 0 Å². The van der Waals surface area contributed by atoms with Crippen molar-refractivity contribution in [3.63, 3.8) is 0 Å². The second kappa shape index (κ2) is 3.58. The van der Waals surface area contributed by atoms with E-state index in [9.17, 15) is 4.79 Å². The summed E-state index contributed by atoms with van der Waals surface area (Å²) in [6.45, 7) is 3.44. The van der Waals surface area contributed by atoms with E-state index in [1.807, 2.05) is 14.0 Å². The minimum Gasteiger partial charge on any atom is -0.298 e. The molecular weight excluding hydrogens is 116 g/mol. The monoisotopic (exact) mass is 130 g/mol. The summed E-state index contributed by atoms with van der Waals surface area (Å²) in [5, 5.41) is 1.77. The van der Waals surface area contributed by atoms with Crippen LogP contribution in [0.4, 0.5) is 0 Å².